The molecule has 2 N–H and O–H groups in total. The van der Waals surface area contributed by atoms with E-state index < -0.39 is 0 Å². The van der Waals surface area contributed by atoms with Crippen LogP contribution in [0.5, 0.6) is 0 Å². The lowest BCUT2D eigenvalue weighted by Crippen LogP contribution is -2.37. The lowest BCUT2D eigenvalue weighted by Gasteiger charge is -2.30. The second-order valence-electron chi connectivity index (χ2n) is 5.48. The van der Waals surface area contributed by atoms with Crippen molar-refractivity contribution in [3.8, 4) is 11.4 Å². The summed E-state index contributed by atoms with van der Waals surface area (Å²) in [6, 6.07) is 8.10. The van der Waals surface area contributed by atoms with Gasteiger partial charge in [-0.2, -0.15) is 4.98 Å². The van der Waals surface area contributed by atoms with Gasteiger partial charge in [0.1, 0.15) is 0 Å². The Hall–Kier alpha value is -1.40. The standard InChI is InChI=1S/C15H20BrN5/c1-17-10-11-6-8-21(9-7-11)15-18-14(19-20-15)12-2-4-13(16)5-3-12/h2-5,11,17H,6-10H2,1H3,(H,18,19,20). The van der Waals surface area contributed by atoms with Crippen molar-refractivity contribution in [2.75, 3.05) is 31.6 Å². The van der Waals surface area contributed by atoms with E-state index in [0.717, 1.165) is 47.4 Å². The molecule has 0 bridgehead atoms. The molecule has 1 fully saturated rings. The molecule has 1 saturated heterocycles. The van der Waals surface area contributed by atoms with Crippen LogP contribution in [0.1, 0.15) is 12.8 Å². The molecule has 2 aromatic rings. The number of nitrogens with zero attached hydrogens (tertiary/aromatic N) is 3. The highest BCUT2D eigenvalue weighted by molar-refractivity contribution is 9.10. The minimum Gasteiger partial charge on any atom is -0.340 e. The van der Waals surface area contributed by atoms with Crippen LogP contribution in [0.25, 0.3) is 11.4 Å². The molecular formula is C15H20BrN5. The van der Waals surface area contributed by atoms with Crippen LogP contribution in [-0.4, -0.2) is 41.9 Å². The summed E-state index contributed by atoms with van der Waals surface area (Å²) in [6.45, 7) is 3.17. The van der Waals surface area contributed by atoms with Gasteiger partial charge < -0.3 is 10.2 Å². The maximum atomic E-state index is 4.63. The Kier molecular flexibility index (Phi) is 4.55. The van der Waals surface area contributed by atoms with Crippen molar-refractivity contribution in [3.63, 3.8) is 0 Å². The fourth-order valence-electron chi connectivity index (χ4n) is 2.76. The van der Waals surface area contributed by atoms with E-state index in [1.165, 1.54) is 12.8 Å². The molecule has 2 heterocycles. The molecule has 0 unspecified atom stereocenters. The second-order valence-corrected chi connectivity index (χ2v) is 6.39. The Labute approximate surface area is 133 Å². The summed E-state index contributed by atoms with van der Waals surface area (Å²) >= 11 is 3.44. The molecular weight excluding hydrogens is 330 g/mol. The van der Waals surface area contributed by atoms with Gasteiger partial charge in [-0.15, -0.1) is 5.10 Å². The third-order valence-electron chi connectivity index (χ3n) is 3.98. The molecule has 1 aromatic carbocycles. The van der Waals surface area contributed by atoms with Crippen molar-refractivity contribution in [2.24, 2.45) is 5.92 Å². The first-order valence-electron chi connectivity index (χ1n) is 7.34. The molecule has 21 heavy (non-hydrogen) atoms. The summed E-state index contributed by atoms with van der Waals surface area (Å²) in [5.74, 6) is 2.42. The van der Waals surface area contributed by atoms with Crippen LogP contribution in [0.3, 0.4) is 0 Å². The highest BCUT2D eigenvalue weighted by atomic mass is 79.9. The number of anilines is 1. The molecule has 0 radical (unpaired) electrons. The van der Waals surface area contributed by atoms with Crippen molar-refractivity contribution < 1.29 is 0 Å². The highest BCUT2D eigenvalue weighted by Gasteiger charge is 2.21. The summed E-state index contributed by atoms with van der Waals surface area (Å²) in [5.41, 5.74) is 1.06. The number of aromatic amines is 1. The molecule has 1 aliphatic rings. The Morgan fingerprint density at radius 3 is 2.67 bits per heavy atom. The molecule has 0 aliphatic carbocycles. The van der Waals surface area contributed by atoms with Crippen LogP contribution < -0.4 is 10.2 Å². The molecule has 5 nitrogen and oxygen atoms in total. The largest absolute Gasteiger partial charge is 0.340 e. The zero-order valence-electron chi connectivity index (χ0n) is 12.1. The fourth-order valence-corrected chi connectivity index (χ4v) is 3.02. The van der Waals surface area contributed by atoms with Gasteiger partial charge in [-0.3, -0.25) is 5.10 Å². The molecule has 0 saturated carbocycles. The number of hydrogen-bond acceptors (Lipinski definition) is 4. The molecule has 0 amide bonds. The predicted octanol–water partition coefficient (Wildman–Crippen LogP) is 2.67. The van der Waals surface area contributed by atoms with Crippen LogP contribution >= 0.6 is 15.9 Å². The Balaban J connectivity index is 1.67. The van der Waals surface area contributed by atoms with Crippen molar-refractivity contribution in [1.82, 2.24) is 20.5 Å². The summed E-state index contributed by atoms with van der Waals surface area (Å²) < 4.78 is 1.07. The summed E-state index contributed by atoms with van der Waals surface area (Å²) in [4.78, 5) is 6.90. The van der Waals surface area contributed by atoms with E-state index >= 15 is 0 Å². The zero-order chi connectivity index (χ0) is 14.7. The van der Waals surface area contributed by atoms with Gasteiger partial charge in [-0.1, -0.05) is 28.1 Å². The number of H-pyrrole nitrogens is 1. The van der Waals surface area contributed by atoms with Crippen molar-refractivity contribution in [2.45, 2.75) is 12.8 Å². The van der Waals surface area contributed by atoms with Crippen LogP contribution in [0.15, 0.2) is 28.7 Å². The van der Waals surface area contributed by atoms with E-state index in [2.05, 4.69) is 41.3 Å². The number of aromatic nitrogens is 3. The van der Waals surface area contributed by atoms with E-state index in [4.69, 9.17) is 0 Å². The molecule has 1 aliphatic heterocycles. The number of rotatable bonds is 4. The van der Waals surface area contributed by atoms with E-state index in [9.17, 15) is 0 Å². The van der Waals surface area contributed by atoms with Gasteiger partial charge in [-0.05, 0) is 44.5 Å². The molecule has 0 spiro atoms. The molecule has 0 atom stereocenters. The van der Waals surface area contributed by atoms with Gasteiger partial charge in [0.2, 0.25) is 5.95 Å². The lowest BCUT2D eigenvalue weighted by molar-refractivity contribution is 0.391. The van der Waals surface area contributed by atoms with E-state index in [-0.39, 0.29) is 0 Å². The average molecular weight is 350 g/mol. The van der Waals surface area contributed by atoms with Crippen molar-refractivity contribution in [1.29, 1.82) is 0 Å². The maximum absolute atomic E-state index is 4.63. The van der Waals surface area contributed by atoms with Crippen molar-refractivity contribution >= 4 is 21.9 Å². The number of piperidine rings is 1. The average Bonchev–Trinajstić information content (AvgIpc) is 2.99. The van der Waals surface area contributed by atoms with Gasteiger partial charge in [0.15, 0.2) is 5.82 Å². The quantitative estimate of drug-likeness (QED) is 0.890. The second kappa shape index (κ2) is 6.58. The summed E-state index contributed by atoms with van der Waals surface area (Å²) in [5, 5.41) is 10.7. The summed E-state index contributed by atoms with van der Waals surface area (Å²) in [7, 11) is 2.02. The number of halogens is 1. The minimum absolute atomic E-state index is 0.774. The first-order valence-corrected chi connectivity index (χ1v) is 8.13. The van der Waals surface area contributed by atoms with E-state index in [0.29, 0.717) is 0 Å². The number of hydrogen-bond donors (Lipinski definition) is 2. The molecule has 1 aromatic heterocycles. The number of nitrogens with one attached hydrogen (secondary N) is 2. The summed E-state index contributed by atoms with van der Waals surface area (Å²) in [6.07, 6.45) is 2.39. The lowest BCUT2D eigenvalue weighted by atomic mass is 9.97. The van der Waals surface area contributed by atoms with Gasteiger partial charge >= 0.3 is 0 Å². The molecule has 112 valence electrons. The van der Waals surface area contributed by atoms with Crippen LogP contribution in [-0.2, 0) is 0 Å². The predicted molar refractivity (Wildman–Crippen MR) is 88.4 cm³/mol. The van der Waals surface area contributed by atoms with Gasteiger partial charge in [0, 0.05) is 23.1 Å². The monoisotopic (exact) mass is 349 g/mol. The first kappa shape index (κ1) is 14.5. The third-order valence-corrected chi connectivity index (χ3v) is 4.51. The first-order chi connectivity index (χ1) is 10.3. The Morgan fingerprint density at radius 2 is 2.00 bits per heavy atom. The van der Waals surface area contributed by atoms with E-state index in [1.807, 2.05) is 31.3 Å². The third kappa shape index (κ3) is 3.44. The highest BCUT2D eigenvalue weighted by Crippen LogP contribution is 2.23. The molecule has 3 rings (SSSR count). The topological polar surface area (TPSA) is 56.8 Å². The maximum Gasteiger partial charge on any atom is 0.245 e. The van der Waals surface area contributed by atoms with Gasteiger partial charge in [0.05, 0.1) is 0 Å². The zero-order valence-corrected chi connectivity index (χ0v) is 13.7. The fraction of sp³-hybridized carbons (Fsp3) is 0.467. The van der Waals surface area contributed by atoms with Crippen molar-refractivity contribution in [3.05, 3.63) is 28.7 Å². The smallest absolute Gasteiger partial charge is 0.245 e. The SMILES string of the molecule is CNCC1CCN(c2n[nH]c(-c3ccc(Br)cc3)n2)CC1. The van der Waals surface area contributed by atoms with E-state index in [1.54, 1.807) is 0 Å². The van der Waals surface area contributed by atoms with Gasteiger partial charge in [-0.25, -0.2) is 0 Å². The molecule has 6 heteroatoms. The normalized spacial score (nSPS) is 16.4. The van der Waals surface area contributed by atoms with Crippen LogP contribution in [0, 0.1) is 5.92 Å². The number of benzene rings is 1. The van der Waals surface area contributed by atoms with Crippen LogP contribution in [0.4, 0.5) is 5.95 Å². The minimum atomic E-state index is 0.774. The Morgan fingerprint density at radius 1 is 1.29 bits per heavy atom. The van der Waals surface area contributed by atoms with Crippen LogP contribution in [0.2, 0.25) is 0 Å². The Bertz CT molecular complexity index is 572. The van der Waals surface area contributed by atoms with Gasteiger partial charge in [0.25, 0.3) is 0 Å².